The van der Waals surface area contributed by atoms with Crippen molar-refractivity contribution in [1.29, 1.82) is 0 Å². The number of aliphatic hydroxyl groups is 1. The van der Waals surface area contributed by atoms with Gasteiger partial charge in [-0.1, -0.05) is 19.9 Å². The van der Waals surface area contributed by atoms with Gasteiger partial charge in [0.1, 0.15) is 0 Å². The highest BCUT2D eigenvalue weighted by atomic mass is 16.3. The molecule has 3 heterocycles. The summed E-state index contributed by atoms with van der Waals surface area (Å²) in [5.41, 5.74) is 8.37. The van der Waals surface area contributed by atoms with Crippen molar-refractivity contribution in [2.75, 3.05) is 39.8 Å². The van der Waals surface area contributed by atoms with Crippen LogP contribution in [0.5, 0.6) is 0 Å². The molecule has 0 bridgehead atoms. The zero-order valence-corrected chi connectivity index (χ0v) is 21.2. The molecule has 0 aliphatic carbocycles. The number of carbonyl (C=O) groups is 1. The molecule has 34 heavy (non-hydrogen) atoms. The quantitative estimate of drug-likeness (QED) is 0.538. The Morgan fingerprint density at radius 2 is 1.85 bits per heavy atom. The van der Waals surface area contributed by atoms with E-state index in [9.17, 15) is 4.79 Å². The van der Waals surface area contributed by atoms with Crippen LogP contribution in [0, 0.1) is 13.8 Å². The van der Waals surface area contributed by atoms with Crippen LogP contribution in [0.4, 0.5) is 0 Å². The SMILES string of the molecule is Cc1cc(-c2[nH]c3ccc(C4CCN(C(=O)CN(C)CCO)CC4)cc3c2C(C)C)cc(C)n1. The topological polar surface area (TPSA) is 72.5 Å². The lowest BCUT2D eigenvalue weighted by atomic mass is 9.87. The summed E-state index contributed by atoms with van der Waals surface area (Å²) in [6.07, 6.45) is 1.97. The van der Waals surface area contributed by atoms with Gasteiger partial charge in [0, 0.05) is 47.5 Å². The first-order chi connectivity index (χ1) is 16.3. The molecule has 0 unspecified atom stereocenters. The number of rotatable bonds is 7. The number of amides is 1. The molecule has 1 aromatic carbocycles. The van der Waals surface area contributed by atoms with Crippen LogP contribution < -0.4 is 0 Å². The molecule has 2 N–H and O–H groups in total. The number of aromatic amines is 1. The molecule has 6 nitrogen and oxygen atoms in total. The highest BCUT2D eigenvalue weighted by Crippen LogP contribution is 2.38. The number of aromatic nitrogens is 2. The zero-order chi connectivity index (χ0) is 24.4. The van der Waals surface area contributed by atoms with E-state index in [1.165, 1.54) is 33.3 Å². The van der Waals surface area contributed by atoms with Crippen molar-refractivity contribution in [3.05, 3.63) is 52.8 Å². The van der Waals surface area contributed by atoms with E-state index in [1.54, 1.807) is 0 Å². The van der Waals surface area contributed by atoms with Crippen LogP contribution in [0.3, 0.4) is 0 Å². The standard InChI is InChI=1S/C28H38N4O2/c1-18(2)27-24-16-22(21-8-10-32(11-9-21)26(34)17-31(5)12-13-33)6-7-25(24)30-28(27)23-14-19(3)29-20(4)15-23/h6-7,14-16,18,21,30,33H,8-13,17H2,1-5H3. The number of nitrogens with zero attached hydrogens (tertiary/aromatic N) is 3. The van der Waals surface area contributed by atoms with Crippen LogP contribution >= 0.6 is 0 Å². The Balaban J connectivity index is 1.56. The molecule has 0 radical (unpaired) electrons. The summed E-state index contributed by atoms with van der Waals surface area (Å²) in [6.45, 7) is 11.2. The van der Waals surface area contributed by atoms with E-state index in [1.807, 2.05) is 30.7 Å². The highest BCUT2D eigenvalue weighted by Gasteiger charge is 2.25. The summed E-state index contributed by atoms with van der Waals surface area (Å²) < 4.78 is 0. The van der Waals surface area contributed by atoms with Gasteiger partial charge in [0.25, 0.3) is 0 Å². The van der Waals surface area contributed by atoms with Gasteiger partial charge in [-0.15, -0.1) is 0 Å². The van der Waals surface area contributed by atoms with Crippen molar-refractivity contribution in [2.45, 2.75) is 52.4 Å². The largest absolute Gasteiger partial charge is 0.395 e. The van der Waals surface area contributed by atoms with E-state index in [0.717, 1.165) is 37.3 Å². The summed E-state index contributed by atoms with van der Waals surface area (Å²) in [4.78, 5) is 24.7. The van der Waals surface area contributed by atoms with Gasteiger partial charge in [-0.3, -0.25) is 14.7 Å². The fourth-order valence-electron chi connectivity index (χ4n) is 5.33. The number of piperidine rings is 1. The number of likely N-dealkylation sites (N-methyl/N-ethyl adjacent to an activating group) is 1. The number of benzene rings is 1. The molecule has 1 amide bonds. The van der Waals surface area contributed by atoms with Crippen LogP contribution in [-0.4, -0.2) is 70.6 Å². The predicted octanol–water partition coefficient (Wildman–Crippen LogP) is 4.60. The van der Waals surface area contributed by atoms with Gasteiger partial charge in [-0.25, -0.2) is 0 Å². The maximum absolute atomic E-state index is 12.6. The normalized spacial score (nSPS) is 15.1. The fourth-order valence-corrected chi connectivity index (χ4v) is 5.33. The molecule has 182 valence electrons. The molecule has 1 aliphatic heterocycles. The average molecular weight is 463 g/mol. The number of likely N-dealkylation sites (tertiary alicyclic amines) is 1. The first-order valence-electron chi connectivity index (χ1n) is 12.4. The van der Waals surface area contributed by atoms with E-state index in [2.05, 4.69) is 54.1 Å². The Bertz CT molecular complexity index is 1140. The molecule has 0 atom stereocenters. The summed E-state index contributed by atoms with van der Waals surface area (Å²) in [5, 5.41) is 10.4. The number of aryl methyl sites for hydroxylation is 2. The Hall–Kier alpha value is -2.70. The van der Waals surface area contributed by atoms with Gasteiger partial charge < -0.3 is 15.0 Å². The Morgan fingerprint density at radius 1 is 1.18 bits per heavy atom. The third kappa shape index (κ3) is 5.18. The predicted molar refractivity (Wildman–Crippen MR) is 138 cm³/mol. The second-order valence-corrected chi connectivity index (χ2v) is 10.1. The lowest BCUT2D eigenvalue weighted by Gasteiger charge is -2.33. The van der Waals surface area contributed by atoms with Gasteiger partial charge >= 0.3 is 0 Å². The molecule has 1 fully saturated rings. The number of hydrogen-bond acceptors (Lipinski definition) is 4. The van der Waals surface area contributed by atoms with E-state index in [4.69, 9.17) is 5.11 Å². The van der Waals surface area contributed by atoms with Crippen LogP contribution in [0.25, 0.3) is 22.2 Å². The van der Waals surface area contributed by atoms with E-state index < -0.39 is 0 Å². The molecule has 3 aromatic rings. The third-order valence-electron chi connectivity index (χ3n) is 7.02. The molecule has 0 saturated carbocycles. The molecule has 2 aromatic heterocycles. The smallest absolute Gasteiger partial charge is 0.236 e. The number of hydrogen-bond donors (Lipinski definition) is 2. The number of aliphatic hydroxyl groups excluding tert-OH is 1. The van der Waals surface area contributed by atoms with Crippen LogP contribution in [0.15, 0.2) is 30.3 Å². The molecule has 1 aliphatic rings. The maximum atomic E-state index is 12.6. The molecular weight excluding hydrogens is 424 g/mol. The minimum atomic E-state index is 0.0773. The zero-order valence-electron chi connectivity index (χ0n) is 21.2. The molecule has 6 heteroatoms. The van der Waals surface area contributed by atoms with E-state index in [0.29, 0.717) is 24.9 Å². The second-order valence-electron chi connectivity index (χ2n) is 10.1. The Kier molecular flexibility index (Phi) is 7.39. The first-order valence-corrected chi connectivity index (χ1v) is 12.4. The van der Waals surface area contributed by atoms with Crippen LogP contribution in [0.2, 0.25) is 0 Å². The monoisotopic (exact) mass is 462 g/mol. The third-order valence-corrected chi connectivity index (χ3v) is 7.02. The van der Waals surface area contributed by atoms with Crippen molar-refractivity contribution in [2.24, 2.45) is 0 Å². The number of pyridine rings is 1. The van der Waals surface area contributed by atoms with Crippen molar-refractivity contribution >= 4 is 16.8 Å². The number of nitrogens with one attached hydrogen (secondary N) is 1. The van der Waals surface area contributed by atoms with E-state index >= 15 is 0 Å². The molecular formula is C28H38N4O2. The molecule has 1 saturated heterocycles. The Morgan fingerprint density at radius 3 is 2.47 bits per heavy atom. The van der Waals surface area contributed by atoms with Gasteiger partial charge in [-0.2, -0.15) is 0 Å². The van der Waals surface area contributed by atoms with Crippen molar-refractivity contribution in [3.8, 4) is 11.3 Å². The second kappa shape index (κ2) is 10.3. The van der Waals surface area contributed by atoms with Crippen molar-refractivity contribution in [3.63, 3.8) is 0 Å². The fraction of sp³-hybridized carbons (Fsp3) is 0.500. The van der Waals surface area contributed by atoms with Crippen molar-refractivity contribution < 1.29 is 9.90 Å². The van der Waals surface area contributed by atoms with Gasteiger partial charge in [0.05, 0.1) is 18.8 Å². The first kappa shape index (κ1) is 24.4. The van der Waals surface area contributed by atoms with Crippen LogP contribution in [0.1, 0.15) is 61.0 Å². The minimum Gasteiger partial charge on any atom is -0.395 e. The highest BCUT2D eigenvalue weighted by molar-refractivity contribution is 5.92. The van der Waals surface area contributed by atoms with Gasteiger partial charge in [0.2, 0.25) is 5.91 Å². The molecule has 0 spiro atoms. The maximum Gasteiger partial charge on any atom is 0.236 e. The summed E-state index contributed by atoms with van der Waals surface area (Å²) in [7, 11) is 1.88. The average Bonchev–Trinajstić information content (AvgIpc) is 3.18. The number of carbonyl (C=O) groups excluding carboxylic acids is 1. The van der Waals surface area contributed by atoms with Gasteiger partial charge in [0.15, 0.2) is 0 Å². The van der Waals surface area contributed by atoms with Crippen LogP contribution in [-0.2, 0) is 4.79 Å². The minimum absolute atomic E-state index is 0.0773. The van der Waals surface area contributed by atoms with Gasteiger partial charge in [-0.05, 0) is 81.0 Å². The summed E-state index contributed by atoms with van der Waals surface area (Å²) in [5.74, 6) is 1.01. The molecule has 4 rings (SSSR count). The van der Waals surface area contributed by atoms with Crippen molar-refractivity contribution in [1.82, 2.24) is 19.8 Å². The lowest BCUT2D eigenvalue weighted by molar-refractivity contribution is -0.133. The summed E-state index contributed by atoms with van der Waals surface area (Å²) >= 11 is 0. The number of H-pyrrole nitrogens is 1. The number of fused-ring (bicyclic) bond motifs is 1. The lowest BCUT2D eigenvalue weighted by Crippen LogP contribution is -2.43. The Labute approximate surface area is 203 Å². The summed E-state index contributed by atoms with van der Waals surface area (Å²) in [6, 6.07) is 11.2. The van der Waals surface area contributed by atoms with E-state index in [-0.39, 0.29) is 12.5 Å².